The van der Waals surface area contributed by atoms with Gasteiger partial charge in [0.15, 0.2) is 0 Å². The van der Waals surface area contributed by atoms with Crippen LogP contribution in [0.15, 0.2) is 28.9 Å². The second-order valence-electron chi connectivity index (χ2n) is 3.83. The predicted octanol–water partition coefficient (Wildman–Crippen LogP) is 2.60. The Hall–Kier alpha value is -1.20. The molecule has 2 aromatic rings. The molecule has 2 N–H and O–H groups in total. The predicted molar refractivity (Wildman–Crippen MR) is 68.1 cm³/mol. The Bertz CT molecular complexity index is 537. The lowest BCUT2D eigenvalue weighted by Gasteiger charge is -2.08. The average molecular weight is 298 g/mol. The second-order valence-corrected chi connectivity index (χ2v) is 4.62. The van der Waals surface area contributed by atoms with Crippen molar-refractivity contribution in [1.82, 2.24) is 9.78 Å². The topological polar surface area (TPSA) is 43.8 Å². The Balaban J connectivity index is 2.31. The van der Waals surface area contributed by atoms with Gasteiger partial charge in [0.25, 0.3) is 0 Å². The molecule has 0 spiro atoms. The first-order valence-electron chi connectivity index (χ1n) is 5.27. The monoisotopic (exact) mass is 297 g/mol. The van der Waals surface area contributed by atoms with Crippen molar-refractivity contribution < 1.29 is 4.39 Å². The van der Waals surface area contributed by atoms with Crippen molar-refractivity contribution in [2.75, 3.05) is 0 Å². The van der Waals surface area contributed by atoms with Crippen LogP contribution in [0.1, 0.15) is 16.8 Å². The summed E-state index contributed by atoms with van der Waals surface area (Å²) < 4.78 is 15.7. The minimum Gasteiger partial charge on any atom is -0.326 e. The average Bonchev–Trinajstić information content (AvgIpc) is 2.66. The highest BCUT2D eigenvalue weighted by atomic mass is 79.9. The molecule has 0 fully saturated rings. The number of rotatable bonds is 3. The lowest BCUT2D eigenvalue weighted by molar-refractivity contribution is 0.608. The Labute approximate surface area is 108 Å². The van der Waals surface area contributed by atoms with Gasteiger partial charge in [0.2, 0.25) is 0 Å². The van der Waals surface area contributed by atoms with Crippen LogP contribution in [0.4, 0.5) is 4.39 Å². The van der Waals surface area contributed by atoms with Crippen LogP contribution in [0.2, 0.25) is 0 Å². The highest BCUT2D eigenvalue weighted by molar-refractivity contribution is 9.10. The molecule has 1 aromatic carbocycles. The lowest BCUT2D eigenvalue weighted by Crippen LogP contribution is -2.06. The third kappa shape index (κ3) is 2.40. The standard InChI is InChI=1S/C12H13BrFN3/c1-8-10(5-15)6-16-17(8)7-9-3-2-4-11(14)12(9)13/h2-4,6H,5,7,15H2,1H3. The van der Waals surface area contributed by atoms with Crippen LogP contribution in [0.3, 0.4) is 0 Å². The summed E-state index contributed by atoms with van der Waals surface area (Å²) in [6.07, 6.45) is 1.75. The van der Waals surface area contributed by atoms with E-state index in [1.807, 2.05) is 17.7 Å². The van der Waals surface area contributed by atoms with Crippen LogP contribution in [-0.4, -0.2) is 9.78 Å². The Kier molecular flexibility index (Phi) is 3.59. The summed E-state index contributed by atoms with van der Waals surface area (Å²) in [6, 6.07) is 4.99. The highest BCUT2D eigenvalue weighted by Crippen LogP contribution is 2.21. The molecule has 1 heterocycles. The third-order valence-electron chi connectivity index (χ3n) is 2.78. The van der Waals surface area contributed by atoms with E-state index in [-0.39, 0.29) is 5.82 Å². The van der Waals surface area contributed by atoms with Crippen LogP contribution >= 0.6 is 15.9 Å². The molecule has 0 aliphatic heterocycles. The summed E-state index contributed by atoms with van der Waals surface area (Å²) in [5.41, 5.74) is 8.48. The van der Waals surface area contributed by atoms with Gasteiger partial charge in [0.1, 0.15) is 5.82 Å². The fourth-order valence-corrected chi connectivity index (χ4v) is 2.07. The molecule has 0 unspecified atom stereocenters. The zero-order valence-corrected chi connectivity index (χ0v) is 11.0. The summed E-state index contributed by atoms with van der Waals surface area (Å²) in [5, 5.41) is 4.25. The molecule has 1 aromatic heterocycles. The number of nitrogens with zero attached hydrogens (tertiary/aromatic N) is 2. The fraction of sp³-hybridized carbons (Fsp3) is 0.250. The Morgan fingerprint density at radius 3 is 2.82 bits per heavy atom. The number of nitrogens with two attached hydrogens (primary N) is 1. The van der Waals surface area contributed by atoms with E-state index in [4.69, 9.17) is 5.73 Å². The number of hydrogen-bond acceptors (Lipinski definition) is 2. The van der Waals surface area contributed by atoms with Gasteiger partial charge in [-0.2, -0.15) is 5.10 Å². The Morgan fingerprint density at radius 1 is 1.41 bits per heavy atom. The van der Waals surface area contributed by atoms with Gasteiger partial charge in [0, 0.05) is 17.8 Å². The van der Waals surface area contributed by atoms with E-state index >= 15 is 0 Å². The molecular formula is C12H13BrFN3. The van der Waals surface area contributed by atoms with Gasteiger partial charge in [-0.1, -0.05) is 12.1 Å². The normalized spacial score (nSPS) is 10.8. The first-order chi connectivity index (χ1) is 8.13. The highest BCUT2D eigenvalue weighted by Gasteiger charge is 2.09. The second kappa shape index (κ2) is 4.98. The fourth-order valence-electron chi connectivity index (χ4n) is 1.68. The zero-order valence-electron chi connectivity index (χ0n) is 9.45. The molecule has 17 heavy (non-hydrogen) atoms. The molecule has 2 rings (SSSR count). The Morgan fingerprint density at radius 2 is 2.18 bits per heavy atom. The van der Waals surface area contributed by atoms with Crippen LogP contribution in [0.5, 0.6) is 0 Å². The van der Waals surface area contributed by atoms with E-state index in [1.165, 1.54) is 6.07 Å². The van der Waals surface area contributed by atoms with E-state index < -0.39 is 0 Å². The van der Waals surface area contributed by atoms with Gasteiger partial charge in [-0.15, -0.1) is 0 Å². The van der Waals surface area contributed by atoms with Gasteiger partial charge in [-0.3, -0.25) is 4.68 Å². The lowest BCUT2D eigenvalue weighted by atomic mass is 10.2. The maximum absolute atomic E-state index is 13.4. The van der Waals surface area contributed by atoms with Crippen molar-refractivity contribution in [3.63, 3.8) is 0 Å². The van der Waals surface area contributed by atoms with Gasteiger partial charge in [0.05, 0.1) is 17.2 Å². The SMILES string of the molecule is Cc1c(CN)cnn1Cc1cccc(F)c1Br. The minimum atomic E-state index is -0.258. The van der Waals surface area contributed by atoms with Gasteiger partial charge in [-0.05, 0) is 34.5 Å². The summed E-state index contributed by atoms with van der Waals surface area (Å²) >= 11 is 3.25. The number of benzene rings is 1. The summed E-state index contributed by atoms with van der Waals surface area (Å²) in [4.78, 5) is 0. The van der Waals surface area contributed by atoms with Gasteiger partial charge in [-0.25, -0.2) is 4.39 Å². The van der Waals surface area contributed by atoms with E-state index in [9.17, 15) is 4.39 Å². The van der Waals surface area contributed by atoms with E-state index in [2.05, 4.69) is 21.0 Å². The zero-order chi connectivity index (χ0) is 12.4. The van der Waals surface area contributed by atoms with Crippen molar-refractivity contribution in [2.24, 2.45) is 5.73 Å². The van der Waals surface area contributed by atoms with Crippen molar-refractivity contribution >= 4 is 15.9 Å². The molecule has 0 bridgehead atoms. The molecule has 3 nitrogen and oxygen atoms in total. The molecule has 0 saturated heterocycles. The van der Waals surface area contributed by atoms with Gasteiger partial charge >= 0.3 is 0 Å². The molecule has 90 valence electrons. The molecule has 0 aliphatic carbocycles. The van der Waals surface area contributed by atoms with E-state index in [1.54, 1.807) is 12.3 Å². The molecule has 5 heteroatoms. The van der Waals surface area contributed by atoms with E-state index in [0.29, 0.717) is 17.6 Å². The van der Waals surface area contributed by atoms with Crippen molar-refractivity contribution in [3.8, 4) is 0 Å². The number of hydrogen-bond donors (Lipinski definition) is 1. The van der Waals surface area contributed by atoms with Gasteiger partial charge < -0.3 is 5.73 Å². The first-order valence-corrected chi connectivity index (χ1v) is 6.07. The van der Waals surface area contributed by atoms with Crippen LogP contribution < -0.4 is 5.73 Å². The maximum Gasteiger partial charge on any atom is 0.137 e. The minimum absolute atomic E-state index is 0.258. The molecule has 0 saturated carbocycles. The van der Waals surface area contributed by atoms with Crippen LogP contribution in [-0.2, 0) is 13.1 Å². The number of aromatic nitrogens is 2. The van der Waals surface area contributed by atoms with Crippen LogP contribution in [0, 0.1) is 12.7 Å². The smallest absolute Gasteiger partial charge is 0.137 e. The molecule has 0 aliphatic rings. The molecule has 0 atom stereocenters. The largest absolute Gasteiger partial charge is 0.326 e. The quantitative estimate of drug-likeness (QED) is 0.946. The van der Waals surface area contributed by atoms with Crippen molar-refractivity contribution in [1.29, 1.82) is 0 Å². The molecule has 0 amide bonds. The third-order valence-corrected chi connectivity index (χ3v) is 3.66. The maximum atomic E-state index is 13.4. The summed E-state index contributed by atoms with van der Waals surface area (Å²) in [5.74, 6) is -0.258. The van der Waals surface area contributed by atoms with Crippen LogP contribution in [0.25, 0.3) is 0 Å². The van der Waals surface area contributed by atoms with E-state index in [0.717, 1.165) is 16.8 Å². The van der Waals surface area contributed by atoms with Crippen molar-refractivity contribution in [3.05, 3.63) is 51.5 Å². The molecular weight excluding hydrogens is 285 g/mol. The first kappa shape index (κ1) is 12.3. The molecule has 0 radical (unpaired) electrons. The number of halogens is 2. The summed E-state index contributed by atoms with van der Waals surface area (Å²) in [6.45, 7) is 2.96. The van der Waals surface area contributed by atoms with Crippen molar-refractivity contribution in [2.45, 2.75) is 20.0 Å². The summed E-state index contributed by atoms with van der Waals surface area (Å²) in [7, 11) is 0.